The number of aromatic nitrogens is 1. The first kappa shape index (κ1) is 26.0. The zero-order chi connectivity index (χ0) is 25.3. The van der Waals surface area contributed by atoms with E-state index in [1.54, 1.807) is 18.3 Å². The number of carbonyl (C=O) groups excluding carboxylic acids is 3. The number of nitrogens with one attached hydrogen (secondary N) is 2. The maximum absolute atomic E-state index is 13.1. The fourth-order valence-electron chi connectivity index (χ4n) is 3.99. The maximum Gasteiger partial charge on any atom is 0.496 e. The van der Waals surface area contributed by atoms with Crippen LogP contribution in [0.15, 0.2) is 18.3 Å². The number of alkyl carbamates (subject to hydrolysis) is 1. The van der Waals surface area contributed by atoms with Crippen LogP contribution in [-0.2, 0) is 23.6 Å². The Balaban J connectivity index is 1.65. The van der Waals surface area contributed by atoms with Crippen LogP contribution in [0.4, 0.5) is 10.6 Å². The minimum atomic E-state index is -0.779. The van der Waals surface area contributed by atoms with Crippen molar-refractivity contribution in [1.82, 2.24) is 15.2 Å². The summed E-state index contributed by atoms with van der Waals surface area (Å²) in [6, 6.07) is 2.07. The van der Waals surface area contributed by atoms with Crippen LogP contribution in [0.5, 0.6) is 0 Å². The lowest BCUT2D eigenvalue weighted by Crippen LogP contribution is -2.54. The number of nitrogens with zero attached hydrogens (tertiary/aromatic N) is 2. The Kier molecular flexibility index (Phi) is 7.57. The molecule has 186 valence electrons. The van der Waals surface area contributed by atoms with Crippen molar-refractivity contribution in [3.8, 4) is 0 Å². The van der Waals surface area contributed by atoms with Crippen molar-refractivity contribution in [2.45, 2.75) is 77.7 Å². The van der Waals surface area contributed by atoms with Crippen LogP contribution >= 0.6 is 0 Å². The van der Waals surface area contributed by atoms with Gasteiger partial charge in [-0.3, -0.25) is 9.59 Å². The molecule has 3 heterocycles. The Morgan fingerprint density at radius 1 is 1.18 bits per heavy atom. The van der Waals surface area contributed by atoms with Crippen molar-refractivity contribution in [2.75, 3.05) is 19.0 Å². The summed E-state index contributed by atoms with van der Waals surface area (Å²) in [4.78, 5) is 43.7. The molecule has 0 bridgehead atoms. The van der Waals surface area contributed by atoms with Crippen molar-refractivity contribution in [2.24, 2.45) is 5.92 Å². The summed E-state index contributed by atoms with van der Waals surface area (Å²) < 4.78 is 16.7. The van der Waals surface area contributed by atoms with Gasteiger partial charge in [0.1, 0.15) is 17.9 Å². The van der Waals surface area contributed by atoms with Crippen molar-refractivity contribution < 1.29 is 28.4 Å². The quantitative estimate of drug-likeness (QED) is 0.603. The van der Waals surface area contributed by atoms with Crippen LogP contribution in [0.3, 0.4) is 0 Å². The average molecular weight is 474 g/mol. The number of ether oxygens (including phenoxy) is 1. The molecule has 0 unspecified atom stereocenters. The van der Waals surface area contributed by atoms with E-state index in [0.29, 0.717) is 25.2 Å². The number of methoxy groups -OCH3 is 1. The molecule has 0 aromatic carbocycles. The standard InChI is InChI=1S/C23H35BN4O6/c1-14(2)18(27-21(31)32-7)20(30)28-12-8-9-16(28)19(29)26-17-11-10-15(13-25-17)24-33-22(3,4)23(5,6)34-24/h10-11,13-14,16,18H,8-9,12H2,1-7H3,(H,27,31)(H,25,26,29)/t16-,18-/m0/s1. The Hall–Kier alpha value is -2.66. The third-order valence-corrected chi connectivity index (χ3v) is 6.79. The molecular weight excluding hydrogens is 439 g/mol. The maximum atomic E-state index is 13.1. The molecular formula is C23H35BN4O6. The molecule has 2 aliphatic rings. The molecule has 2 N–H and O–H groups in total. The van der Waals surface area contributed by atoms with Gasteiger partial charge in [0.15, 0.2) is 0 Å². The first-order chi connectivity index (χ1) is 15.9. The number of likely N-dealkylation sites (tertiary alicyclic amines) is 1. The highest BCUT2D eigenvalue weighted by atomic mass is 16.7. The minimum absolute atomic E-state index is 0.167. The summed E-state index contributed by atoms with van der Waals surface area (Å²) in [5.74, 6) is -0.415. The molecule has 2 aliphatic heterocycles. The SMILES string of the molecule is COC(=O)N[C@H](C(=O)N1CCC[C@H]1C(=O)Nc1ccc(B2OC(C)(C)C(C)(C)O2)cn1)C(C)C. The Bertz CT molecular complexity index is 905. The number of hydrogen-bond donors (Lipinski definition) is 2. The van der Waals surface area contributed by atoms with E-state index in [9.17, 15) is 14.4 Å². The summed E-state index contributed by atoms with van der Waals surface area (Å²) >= 11 is 0. The minimum Gasteiger partial charge on any atom is -0.453 e. The molecule has 0 radical (unpaired) electrons. The number of hydrogen-bond acceptors (Lipinski definition) is 7. The second kappa shape index (κ2) is 9.91. The molecule has 34 heavy (non-hydrogen) atoms. The van der Waals surface area contributed by atoms with E-state index in [1.807, 2.05) is 41.5 Å². The lowest BCUT2D eigenvalue weighted by molar-refractivity contribution is -0.139. The monoisotopic (exact) mass is 474 g/mol. The Morgan fingerprint density at radius 3 is 2.35 bits per heavy atom. The lowest BCUT2D eigenvalue weighted by Gasteiger charge is -2.32. The molecule has 3 rings (SSSR count). The van der Waals surface area contributed by atoms with Gasteiger partial charge < -0.3 is 29.6 Å². The summed E-state index contributed by atoms with van der Waals surface area (Å²) in [6.07, 6.45) is 2.16. The molecule has 1 aromatic heterocycles. The molecule has 0 aliphatic carbocycles. The van der Waals surface area contributed by atoms with E-state index in [1.165, 1.54) is 12.0 Å². The fraction of sp³-hybridized carbons (Fsp3) is 0.652. The number of pyridine rings is 1. The largest absolute Gasteiger partial charge is 0.496 e. The second-order valence-corrected chi connectivity index (χ2v) is 10.1. The molecule has 10 nitrogen and oxygen atoms in total. The van der Waals surface area contributed by atoms with Gasteiger partial charge >= 0.3 is 13.2 Å². The molecule has 0 spiro atoms. The highest BCUT2D eigenvalue weighted by Crippen LogP contribution is 2.36. The van der Waals surface area contributed by atoms with E-state index in [0.717, 1.165) is 5.46 Å². The van der Waals surface area contributed by atoms with Gasteiger partial charge in [-0.25, -0.2) is 9.78 Å². The first-order valence-corrected chi connectivity index (χ1v) is 11.6. The zero-order valence-electron chi connectivity index (χ0n) is 21.0. The van der Waals surface area contributed by atoms with Crippen LogP contribution in [0.1, 0.15) is 54.4 Å². The van der Waals surface area contributed by atoms with Crippen molar-refractivity contribution in [3.63, 3.8) is 0 Å². The molecule has 3 amide bonds. The highest BCUT2D eigenvalue weighted by molar-refractivity contribution is 6.62. The number of carbonyl (C=O) groups is 3. The second-order valence-electron chi connectivity index (χ2n) is 10.1. The smallest absolute Gasteiger partial charge is 0.453 e. The van der Waals surface area contributed by atoms with Gasteiger partial charge in [-0.2, -0.15) is 0 Å². The summed E-state index contributed by atoms with van der Waals surface area (Å²) in [7, 11) is 0.703. The van der Waals surface area contributed by atoms with Gasteiger partial charge in [-0.1, -0.05) is 19.9 Å². The van der Waals surface area contributed by atoms with Crippen molar-refractivity contribution in [3.05, 3.63) is 18.3 Å². The molecule has 1 aromatic rings. The summed E-state index contributed by atoms with van der Waals surface area (Å²) in [5.41, 5.74) is -0.165. The summed E-state index contributed by atoms with van der Waals surface area (Å²) in [6.45, 7) is 12.0. The number of amides is 3. The molecule has 11 heteroatoms. The van der Waals surface area contributed by atoms with Gasteiger partial charge in [-0.15, -0.1) is 0 Å². The molecule has 2 fully saturated rings. The van der Waals surface area contributed by atoms with E-state index in [2.05, 4.69) is 20.4 Å². The van der Waals surface area contributed by atoms with Crippen LogP contribution in [0.2, 0.25) is 0 Å². The topological polar surface area (TPSA) is 119 Å². The normalized spacial score (nSPS) is 21.9. The summed E-state index contributed by atoms with van der Waals surface area (Å²) in [5, 5.41) is 5.38. The molecule has 2 atom stereocenters. The van der Waals surface area contributed by atoms with Crippen LogP contribution < -0.4 is 16.1 Å². The zero-order valence-corrected chi connectivity index (χ0v) is 21.0. The Morgan fingerprint density at radius 2 is 1.82 bits per heavy atom. The van der Waals surface area contributed by atoms with E-state index >= 15 is 0 Å². The van der Waals surface area contributed by atoms with Crippen molar-refractivity contribution in [1.29, 1.82) is 0 Å². The predicted octanol–water partition coefficient (Wildman–Crippen LogP) is 1.69. The third-order valence-electron chi connectivity index (χ3n) is 6.79. The predicted molar refractivity (Wildman–Crippen MR) is 127 cm³/mol. The number of rotatable bonds is 6. The Labute approximate surface area is 201 Å². The highest BCUT2D eigenvalue weighted by Gasteiger charge is 2.51. The van der Waals surface area contributed by atoms with E-state index in [4.69, 9.17) is 9.31 Å². The van der Waals surface area contributed by atoms with Crippen LogP contribution in [-0.4, -0.2) is 71.9 Å². The number of anilines is 1. The lowest BCUT2D eigenvalue weighted by atomic mass is 9.80. The molecule has 2 saturated heterocycles. The van der Waals surface area contributed by atoms with Crippen molar-refractivity contribution >= 4 is 36.3 Å². The third kappa shape index (κ3) is 5.36. The fourth-order valence-corrected chi connectivity index (χ4v) is 3.99. The van der Waals surface area contributed by atoms with Gasteiger partial charge in [-0.05, 0) is 52.5 Å². The van der Waals surface area contributed by atoms with Gasteiger partial charge in [0.25, 0.3) is 0 Å². The van der Waals surface area contributed by atoms with Crippen LogP contribution in [0.25, 0.3) is 0 Å². The van der Waals surface area contributed by atoms with Gasteiger partial charge in [0, 0.05) is 18.2 Å². The van der Waals surface area contributed by atoms with Crippen LogP contribution in [0, 0.1) is 5.92 Å². The van der Waals surface area contributed by atoms with E-state index < -0.39 is 36.5 Å². The first-order valence-electron chi connectivity index (χ1n) is 11.6. The average Bonchev–Trinajstić information content (AvgIpc) is 3.34. The van der Waals surface area contributed by atoms with Gasteiger partial charge in [0.05, 0.1) is 18.3 Å². The molecule has 0 saturated carbocycles. The van der Waals surface area contributed by atoms with E-state index in [-0.39, 0.29) is 17.7 Å². The van der Waals surface area contributed by atoms with Gasteiger partial charge in [0.2, 0.25) is 11.8 Å².